The van der Waals surface area contributed by atoms with Crippen molar-refractivity contribution in [1.29, 1.82) is 0 Å². The van der Waals surface area contributed by atoms with E-state index in [9.17, 15) is 8.78 Å². The number of benzene rings is 2. The summed E-state index contributed by atoms with van der Waals surface area (Å²) >= 11 is 6.21. The highest BCUT2D eigenvalue weighted by atomic mass is 35.5. The van der Waals surface area contributed by atoms with Crippen LogP contribution < -0.4 is 5.32 Å². The van der Waals surface area contributed by atoms with Gasteiger partial charge >= 0.3 is 0 Å². The van der Waals surface area contributed by atoms with Crippen LogP contribution in [-0.2, 0) is 6.42 Å². The second kappa shape index (κ2) is 8.95. The number of fused-ring (bicyclic) bond motifs is 1. The number of halogens is 3. The predicted molar refractivity (Wildman–Crippen MR) is 120 cm³/mol. The average Bonchev–Trinajstić information content (AvgIpc) is 3.48. The molecule has 166 valence electrons. The summed E-state index contributed by atoms with van der Waals surface area (Å²) in [6, 6.07) is 14.2. The number of alkyl halides is 2. The van der Waals surface area contributed by atoms with E-state index >= 15 is 0 Å². The fraction of sp³-hybridized carbons (Fsp3) is 0.130. The van der Waals surface area contributed by atoms with Crippen molar-refractivity contribution in [3.8, 4) is 5.69 Å². The van der Waals surface area contributed by atoms with Gasteiger partial charge in [-0.3, -0.25) is 4.98 Å². The summed E-state index contributed by atoms with van der Waals surface area (Å²) in [5.74, 6) is 0.411. The molecule has 1 N–H and O–H groups in total. The van der Waals surface area contributed by atoms with Crippen LogP contribution in [0.15, 0.2) is 77.9 Å². The molecule has 5 aromatic rings. The lowest BCUT2D eigenvalue weighted by molar-refractivity contribution is 0.123. The van der Waals surface area contributed by atoms with Crippen molar-refractivity contribution in [1.82, 2.24) is 24.7 Å². The molecule has 2 aromatic carbocycles. The minimum Gasteiger partial charge on any atom is -0.440 e. The number of hydrogen-bond donors (Lipinski definition) is 1. The van der Waals surface area contributed by atoms with Crippen LogP contribution in [0.2, 0.25) is 5.02 Å². The van der Waals surface area contributed by atoms with Gasteiger partial charge in [0.2, 0.25) is 0 Å². The summed E-state index contributed by atoms with van der Waals surface area (Å²) in [6.07, 6.45) is 2.17. The molecular weight excluding hydrogens is 450 g/mol. The first-order valence-corrected chi connectivity index (χ1v) is 10.4. The molecule has 7 nitrogen and oxygen atoms in total. The topological polar surface area (TPSA) is 81.7 Å². The van der Waals surface area contributed by atoms with Crippen molar-refractivity contribution < 1.29 is 13.2 Å². The van der Waals surface area contributed by atoms with Gasteiger partial charge in [-0.05, 0) is 48.0 Å². The zero-order chi connectivity index (χ0) is 22.8. The molecule has 3 aromatic heterocycles. The van der Waals surface area contributed by atoms with Crippen LogP contribution in [0.4, 0.5) is 14.5 Å². The zero-order valence-electron chi connectivity index (χ0n) is 17.1. The average molecular weight is 467 g/mol. The first kappa shape index (κ1) is 21.0. The molecule has 10 heteroatoms. The Labute approximate surface area is 192 Å². The van der Waals surface area contributed by atoms with E-state index in [1.165, 1.54) is 12.5 Å². The van der Waals surface area contributed by atoms with Gasteiger partial charge in [-0.25, -0.2) is 23.4 Å². The molecule has 3 heterocycles. The summed E-state index contributed by atoms with van der Waals surface area (Å²) in [4.78, 5) is 12.6. The van der Waals surface area contributed by atoms with Crippen molar-refractivity contribution in [2.24, 2.45) is 0 Å². The van der Waals surface area contributed by atoms with E-state index in [0.29, 0.717) is 34.1 Å². The first-order valence-electron chi connectivity index (χ1n) is 10.1. The van der Waals surface area contributed by atoms with Crippen LogP contribution in [0.3, 0.4) is 0 Å². The van der Waals surface area contributed by atoms with E-state index in [4.69, 9.17) is 16.0 Å². The standard InChI is InChI=1S/C23H17ClF2N6O/c24-15-7-8-18(32-13-27-12-29-32)14(10-15)11-20-31-21-17(5-3-6-19(21)33-20)30-22(23(25)26)16-4-1-2-9-28-16/h1-10,12-13,22-23,30H,11H2. The lowest BCUT2D eigenvalue weighted by Crippen LogP contribution is -2.20. The minimum absolute atomic E-state index is 0.240. The molecule has 33 heavy (non-hydrogen) atoms. The molecule has 1 unspecified atom stereocenters. The number of anilines is 1. The van der Waals surface area contributed by atoms with E-state index in [1.54, 1.807) is 59.5 Å². The van der Waals surface area contributed by atoms with Gasteiger partial charge < -0.3 is 9.73 Å². The number of hydrogen-bond acceptors (Lipinski definition) is 6. The summed E-state index contributed by atoms with van der Waals surface area (Å²) in [5.41, 5.74) is 3.22. The Morgan fingerprint density at radius 3 is 2.76 bits per heavy atom. The molecule has 0 aliphatic carbocycles. The van der Waals surface area contributed by atoms with Crippen LogP contribution in [-0.4, -0.2) is 31.2 Å². The Morgan fingerprint density at radius 2 is 2.00 bits per heavy atom. The Morgan fingerprint density at radius 1 is 1.09 bits per heavy atom. The van der Waals surface area contributed by atoms with E-state index < -0.39 is 12.5 Å². The van der Waals surface area contributed by atoms with Crippen LogP contribution in [0.1, 0.15) is 23.2 Å². The third kappa shape index (κ3) is 4.40. The van der Waals surface area contributed by atoms with E-state index in [1.807, 2.05) is 6.07 Å². The number of nitrogens with one attached hydrogen (secondary N) is 1. The van der Waals surface area contributed by atoms with Crippen LogP contribution in [0.25, 0.3) is 16.8 Å². The number of oxazole rings is 1. The van der Waals surface area contributed by atoms with Crippen molar-refractivity contribution in [2.75, 3.05) is 5.32 Å². The maximum Gasteiger partial charge on any atom is 0.264 e. The molecular formula is C23H17ClF2N6O. The van der Waals surface area contributed by atoms with E-state index in [2.05, 4.69) is 25.4 Å². The van der Waals surface area contributed by atoms with Gasteiger partial charge in [0.15, 0.2) is 11.5 Å². The summed E-state index contributed by atoms with van der Waals surface area (Å²) in [7, 11) is 0. The predicted octanol–water partition coefficient (Wildman–Crippen LogP) is 5.47. The van der Waals surface area contributed by atoms with Gasteiger partial charge in [0, 0.05) is 11.2 Å². The van der Waals surface area contributed by atoms with Gasteiger partial charge in [0.1, 0.15) is 24.2 Å². The molecule has 0 saturated heterocycles. The van der Waals surface area contributed by atoms with Crippen molar-refractivity contribution in [2.45, 2.75) is 18.9 Å². The zero-order valence-corrected chi connectivity index (χ0v) is 17.8. The van der Waals surface area contributed by atoms with Crippen molar-refractivity contribution in [3.63, 3.8) is 0 Å². The van der Waals surface area contributed by atoms with Gasteiger partial charge in [-0.1, -0.05) is 23.7 Å². The fourth-order valence-corrected chi connectivity index (χ4v) is 3.79. The van der Waals surface area contributed by atoms with Crippen molar-refractivity contribution >= 4 is 28.4 Å². The molecule has 0 radical (unpaired) electrons. The number of pyridine rings is 1. The molecule has 0 bridgehead atoms. The van der Waals surface area contributed by atoms with Crippen LogP contribution >= 0.6 is 11.6 Å². The molecule has 0 aliphatic heterocycles. The van der Waals surface area contributed by atoms with Gasteiger partial charge in [-0.2, -0.15) is 5.10 Å². The smallest absolute Gasteiger partial charge is 0.264 e. The highest BCUT2D eigenvalue weighted by Gasteiger charge is 2.25. The quantitative estimate of drug-likeness (QED) is 0.342. The molecule has 0 amide bonds. The number of aromatic nitrogens is 5. The van der Waals surface area contributed by atoms with Crippen LogP contribution in [0, 0.1) is 0 Å². The monoisotopic (exact) mass is 466 g/mol. The number of para-hydroxylation sites is 1. The lowest BCUT2D eigenvalue weighted by Gasteiger charge is -2.18. The maximum atomic E-state index is 13.8. The molecule has 0 aliphatic rings. The summed E-state index contributed by atoms with van der Waals surface area (Å²) in [6.45, 7) is 0. The van der Waals surface area contributed by atoms with Crippen LogP contribution in [0.5, 0.6) is 0 Å². The second-order valence-corrected chi connectivity index (χ2v) is 7.70. The third-order valence-corrected chi connectivity index (χ3v) is 5.32. The molecule has 5 rings (SSSR count). The summed E-state index contributed by atoms with van der Waals surface area (Å²) < 4.78 is 35.2. The first-order chi connectivity index (χ1) is 16.1. The molecule has 0 fully saturated rings. The third-order valence-electron chi connectivity index (χ3n) is 5.08. The second-order valence-electron chi connectivity index (χ2n) is 7.26. The summed E-state index contributed by atoms with van der Waals surface area (Å²) in [5, 5.41) is 7.61. The number of rotatable bonds is 7. The van der Waals surface area contributed by atoms with E-state index in [-0.39, 0.29) is 5.69 Å². The Bertz CT molecular complexity index is 1370. The fourth-order valence-electron chi connectivity index (χ4n) is 3.59. The minimum atomic E-state index is -2.67. The number of nitrogens with zero attached hydrogens (tertiary/aromatic N) is 5. The Balaban J connectivity index is 1.49. The molecule has 0 saturated carbocycles. The maximum absolute atomic E-state index is 13.8. The van der Waals surface area contributed by atoms with Gasteiger partial charge in [0.25, 0.3) is 6.43 Å². The lowest BCUT2D eigenvalue weighted by atomic mass is 10.1. The van der Waals surface area contributed by atoms with Crippen molar-refractivity contribution in [3.05, 3.63) is 95.6 Å². The highest BCUT2D eigenvalue weighted by Crippen LogP contribution is 2.31. The SMILES string of the molecule is FC(F)C(Nc1cccc2oc(Cc3cc(Cl)ccc3-n3cncn3)nc12)c1ccccn1. The Hall–Kier alpha value is -3.85. The van der Waals surface area contributed by atoms with Gasteiger partial charge in [-0.15, -0.1) is 0 Å². The molecule has 1 atom stereocenters. The Kier molecular flexibility index (Phi) is 5.70. The van der Waals surface area contributed by atoms with E-state index in [0.717, 1.165) is 11.3 Å². The van der Waals surface area contributed by atoms with Gasteiger partial charge in [0.05, 0.1) is 23.5 Å². The normalized spacial score (nSPS) is 12.4. The highest BCUT2D eigenvalue weighted by molar-refractivity contribution is 6.30. The molecule has 0 spiro atoms. The largest absolute Gasteiger partial charge is 0.440 e.